The van der Waals surface area contributed by atoms with Crippen molar-refractivity contribution in [1.82, 2.24) is 9.88 Å². The van der Waals surface area contributed by atoms with Gasteiger partial charge in [-0.3, -0.25) is 4.98 Å². The molecule has 22 heavy (non-hydrogen) atoms. The molecule has 0 atom stereocenters. The summed E-state index contributed by atoms with van der Waals surface area (Å²) in [6, 6.07) is 5.72. The Bertz CT molecular complexity index is 307. The minimum atomic E-state index is 0.747. The summed E-state index contributed by atoms with van der Waals surface area (Å²) in [6.07, 6.45) is 11.3. The highest BCUT2D eigenvalue weighted by Crippen LogP contribution is 2.02. The molecule has 0 N–H and O–H groups in total. The summed E-state index contributed by atoms with van der Waals surface area (Å²) in [5, 5.41) is 0. The van der Waals surface area contributed by atoms with Crippen LogP contribution in [0, 0.1) is 0 Å². The van der Waals surface area contributed by atoms with Gasteiger partial charge in [0.25, 0.3) is 0 Å². The summed E-state index contributed by atoms with van der Waals surface area (Å²) >= 11 is 9.23. The van der Waals surface area contributed by atoms with Crippen LogP contribution in [-0.2, 0) is 0 Å². The maximum atomic E-state index is 5.03. The van der Waals surface area contributed by atoms with Gasteiger partial charge < -0.3 is 4.90 Å². The zero-order valence-electron chi connectivity index (χ0n) is 14.4. The second-order valence-electron chi connectivity index (χ2n) is 4.70. The Balaban J connectivity index is 0. The van der Waals surface area contributed by atoms with Gasteiger partial charge in [0, 0.05) is 25.5 Å². The van der Waals surface area contributed by atoms with E-state index in [2.05, 4.69) is 49.9 Å². The van der Waals surface area contributed by atoms with Crippen LogP contribution in [0.1, 0.15) is 52.9 Å². The fourth-order valence-electron chi connectivity index (χ4n) is 1.31. The lowest BCUT2D eigenvalue weighted by atomic mass is 10.3. The van der Waals surface area contributed by atoms with Crippen molar-refractivity contribution in [3.63, 3.8) is 0 Å². The van der Waals surface area contributed by atoms with Crippen molar-refractivity contribution in [3.05, 3.63) is 43.2 Å². The number of rotatable bonds is 7. The third kappa shape index (κ3) is 19.1. The summed E-state index contributed by atoms with van der Waals surface area (Å²) in [5.41, 5.74) is 0. The molecule has 0 aromatic carbocycles. The minimum absolute atomic E-state index is 0.747. The molecule has 2 nitrogen and oxygen atoms in total. The maximum absolute atomic E-state index is 5.03. The van der Waals surface area contributed by atoms with Crippen molar-refractivity contribution in [2.45, 2.75) is 52.9 Å². The predicted octanol–water partition coefficient (Wildman–Crippen LogP) is 5.77. The fourth-order valence-corrected chi connectivity index (χ4v) is 1.70. The Kier molecular flexibility index (Phi) is 21.4. The zero-order valence-corrected chi connectivity index (χ0v) is 16.1. The Morgan fingerprint density at radius 1 is 1.09 bits per heavy atom. The van der Waals surface area contributed by atoms with E-state index in [0.29, 0.717) is 0 Å². The van der Waals surface area contributed by atoms with E-state index in [0.717, 1.165) is 23.8 Å². The number of thiol groups is 1. The van der Waals surface area contributed by atoms with Crippen LogP contribution in [0.4, 0.5) is 0 Å². The van der Waals surface area contributed by atoms with E-state index in [1.807, 2.05) is 24.3 Å². The first-order valence-electron chi connectivity index (χ1n) is 8.07. The van der Waals surface area contributed by atoms with Gasteiger partial charge in [0.05, 0.1) is 0 Å². The molecule has 0 saturated heterocycles. The molecule has 1 aromatic heterocycles. The number of hydrogen-bond donors (Lipinski definition) is 1. The van der Waals surface area contributed by atoms with Crippen LogP contribution in [0.5, 0.6) is 0 Å². The third-order valence-electron chi connectivity index (χ3n) is 2.69. The van der Waals surface area contributed by atoms with E-state index in [9.17, 15) is 0 Å². The Morgan fingerprint density at radius 2 is 1.55 bits per heavy atom. The molecular formula is C18H32N2S2. The Hall–Kier alpha value is -0.870. The Labute approximate surface area is 148 Å². The second kappa shape index (κ2) is 20.1. The fraction of sp³-hybridized carbons (Fsp3) is 0.556. The molecular weight excluding hydrogens is 308 g/mol. The lowest BCUT2D eigenvalue weighted by Crippen LogP contribution is -2.28. The maximum Gasteiger partial charge on any atom is 0.133 e. The molecule has 0 bridgehead atoms. The monoisotopic (exact) mass is 340 g/mol. The largest absolute Gasteiger partial charge is 0.358 e. The second-order valence-corrected chi connectivity index (χ2v) is 5.81. The smallest absolute Gasteiger partial charge is 0.133 e. The standard InChI is InChI=1S/C9H19NS2.C5H5N.C4H8/c1-3-5-7-10(9(11)12)8-6-4-2;1-2-4-6-5-3-1;1-3-4-2/h3-8H2,1-2H3,(H,11,12);1-5H;3H,1,4H2,2H3. The number of pyridine rings is 1. The minimum Gasteiger partial charge on any atom is -0.358 e. The molecule has 0 spiro atoms. The molecule has 0 aliphatic heterocycles. The molecule has 0 saturated carbocycles. The molecule has 1 heterocycles. The van der Waals surface area contributed by atoms with Crippen LogP contribution in [0.3, 0.4) is 0 Å². The van der Waals surface area contributed by atoms with Gasteiger partial charge in [-0.1, -0.05) is 58.0 Å². The third-order valence-corrected chi connectivity index (χ3v) is 3.23. The molecule has 0 amide bonds. The first kappa shape index (κ1) is 23.4. The summed E-state index contributed by atoms with van der Waals surface area (Å²) in [4.78, 5) is 5.97. The molecule has 1 aromatic rings. The first-order chi connectivity index (χ1) is 10.6. The highest BCUT2D eigenvalue weighted by molar-refractivity contribution is 8.10. The van der Waals surface area contributed by atoms with Crippen LogP contribution in [0.2, 0.25) is 0 Å². The van der Waals surface area contributed by atoms with Crippen molar-refractivity contribution in [3.8, 4) is 0 Å². The van der Waals surface area contributed by atoms with Gasteiger partial charge in [0.15, 0.2) is 0 Å². The molecule has 1 rings (SSSR count). The van der Waals surface area contributed by atoms with Crippen LogP contribution < -0.4 is 0 Å². The lowest BCUT2D eigenvalue weighted by molar-refractivity contribution is 0.411. The summed E-state index contributed by atoms with van der Waals surface area (Å²) in [7, 11) is 0. The van der Waals surface area contributed by atoms with Gasteiger partial charge in [-0.05, 0) is 31.4 Å². The lowest BCUT2D eigenvalue weighted by Gasteiger charge is -2.21. The predicted molar refractivity (Wildman–Crippen MR) is 108 cm³/mol. The van der Waals surface area contributed by atoms with E-state index < -0.39 is 0 Å². The van der Waals surface area contributed by atoms with Gasteiger partial charge in [-0.25, -0.2) is 0 Å². The normalized spacial score (nSPS) is 8.73. The van der Waals surface area contributed by atoms with Gasteiger partial charge in [-0.2, -0.15) is 0 Å². The van der Waals surface area contributed by atoms with E-state index in [-0.39, 0.29) is 0 Å². The summed E-state index contributed by atoms with van der Waals surface area (Å²) in [6.45, 7) is 12.1. The van der Waals surface area contributed by atoms with Gasteiger partial charge >= 0.3 is 0 Å². The van der Waals surface area contributed by atoms with Crippen LogP contribution >= 0.6 is 24.8 Å². The van der Waals surface area contributed by atoms with Crippen molar-refractivity contribution in [2.75, 3.05) is 13.1 Å². The summed E-state index contributed by atoms with van der Waals surface area (Å²) < 4.78 is 0.747. The quantitative estimate of drug-likeness (QED) is 0.386. The van der Waals surface area contributed by atoms with E-state index in [1.165, 1.54) is 25.7 Å². The molecule has 0 aliphatic carbocycles. The van der Waals surface area contributed by atoms with E-state index in [1.54, 1.807) is 12.4 Å². The highest BCUT2D eigenvalue weighted by atomic mass is 32.1. The SMILES string of the molecule is C=CCC.CCCCN(CCCC)C(=S)S.c1ccncc1. The van der Waals surface area contributed by atoms with Gasteiger partial charge in [0.1, 0.15) is 4.32 Å². The molecule has 4 heteroatoms. The molecule has 0 radical (unpaired) electrons. The van der Waals surface area contributed by atoms with Crippen LogP contribution in [0.25, 0.3) is 0 Å². The number of thiocarbonyl (C=S) groups is 1. The number of hydrogen-bond acceptors (Lipinski definition) is 2. The van der Waals surface area contributed by atoms with Crippen LogP contribution in [0.15, 0.2) is 43.2 Å². The summed E-state index contributed by atoms with van der Waals surface area (Å²) in [5.74, 6) is 0. The molecule has 0 aliphatic rings. The highest BCUT2D eigenvalue weighted by Gasteiger charge is 2.03. The average Bonchev–Trinajstić information content (AvgIpc) is 2.57. The number of aromatic nitrogens is 1. The van der Waals surface area contributed by atoms with Crippen molar-refractivity contribution >= 4 is 29.2 Å². The molecule has 0 fully saturated rings. The topological polar surface area (TPSA) is 16.1 Å². The zero-order chi connectivity index (χ0) is 17.1. The average molecular weight is 341 g/mol. The van der Waals surface area contributed by atoms with Crippen molar-refractivity contribution in [2.24, 2.45) is 0 Å². The van der Waals surface area contributed by atoms with Gasteiger partial charge in [0.2, 0.25) is 0 Å². The van der Waals surface area contributed by atoms with Gasteiger partial charge in [-0.15, -0.1) is 19.2 Å². The number of nitrogens with zero attached hydrogens (tertiary/aromatic N) is 2. The number of allylic oxidation sites excluding steroid dienone is 1. The first-order valence-corrected chi connectivity index (χ1v) is 8.93. The number of unbranched alkanes of at least 4 members (excludes halogenated alkanes) is 2. The van der Waals surface area contributed by atoms with E-state index >= 15 is 0 Å². The van der Waals surface area contributed by atoms with Crippen LogP contribution in [-0.4, -0.2) is 27.3 Å². The van der Waals surface area contributed by atoms with E-state index in [4.69, 9.17) is 12.2 Å². The molecule has 126 valence electrons. The van der Waals surface area contributed by atoms with Crippen molar-refractivity contribution in [1.29, 1.82) is 0 Å². The van der Waals surface area contributed by atoms with Crippen molar-refractivity contribution < 1.29 is 0 Å². The Morgan fingerprint density at radius 3 is 1.73 bits per heavy atom. The molecule has 0 unspecified atom stereocenters.